The van der Waals surface area contributed by atoms with Crippen molar-refractivity contribution in [3.63, 3.8) is 0 Å². The Balaban J connectivity index is 1.67. The Morgan fingerprint density at radius 2 is 1.78 bits per heavy atom. The zero-order valence-corrected chi connectivity index (χ0v) is 15.7. The summed E-state index contributed by atoms with van der Waals surface area (Å²) in [7, 11) is 1.57. The number of carbonyl (C=O) groups excluding carboxylic acids is 3. The lowest BCUT2D eigenvalue weighted by Gasteiger charge is -2.12. The second kappa shape index (κ2) is 8.09. The Morgan fingerprint density at radius 1 is 1.11 bits per heavy atom. The molecule has 1 heterocycles. The molecule has 1 saturated heterocycles. The van der Waals surface area contributed by atoms with Crippen LogP contribution in [0.1, 0.15) is 11.1 Å². The van der Waals surface area contributed by atoms with E-state index in [1.807, 2.05) is 19.1 Å². The van der Waals surface area contributed by atoms with Crippen molar-refractivity contribution in [2.45, 2.75) is 6.92 Å². The molecule has 0 unspecified atom stereocenters. The Morgan fingerprint density at radius 3 is 2.41 bits per heavy atom. The van der Waals surface area contributed by atoms with Gasteiger partial charge in [0.1, 0.15) is 12.3 Å². The van der Waals surface area contributed by atoms with Crippen molar-refractivity contribution >= 4 is 40.6 Å². The summed E-state index contributed by atoms with van der Waals surface area (Å²) in [6.45, 7) is 1.62. The van der Waals surface area contributed by atoms with Crippen LogP contribution in [0.4, 0.5) is 10.5 Å². The Kier molecular flexibility index (Phi) is 5.61. The molecule has 3 rings (SSSR count). The van der Waals surface area contributed by atoms with Crippen molar-refractivity contribution in [1.82, 2.24) is 4.90 Å². The number of rotatable bonds is 5. The van der Waals surface area contributed by atoms with Gasteiger partial charge in [-0.25, -0.2) is 0 Å². The fourth-order valence-electron chi connectivity index (χ4n) is 2.47. The average Bonchev–Trinajstić information content (AvgIpc) is 2.91. The van der Waals surface area contributed by atoms with Gasteiger partial charge in [0.2, 0.25) is 5.91 Å². The van der Waals surface area contributed by atoms with Crippen LogP contribution in [0.15, 0.2) is 53.4 Å². The normalized spacial score (nSPS) is 15.3. The van der Waals surface area contributed by atoms with Crippen molar-refractivity contribution in [2.24, 2.45) is 0 Å². The van der Waals surface area contributed by atoms with E-state index >= 15 is 0 Å². The lowest BCUT2D eigenvalue weighted by molar-refractivity contribution is -0.127. The van der Waals surface area contributed by atoms with Crippen LogP contribution in [0.5, 0.6) is 5.75 Å². The van der Waals surface area contributed by atoms with Gasteiger partial charge in [0.25, 0.3) is 11.1 Å². The lowest BCUT2D eigenvalue weighted by atomic mass is 10.2. The molecule has 1 aliphatic heterocycles. The molecule has 7 heteroatoms. The SMILES string of the molecule is COc1ccc(/C=C2\SC(=O)N(CC(=O)Nc3ccc(C)cc3)C2=O)cc1. The third-order valence-electron chi connectivity index (χ3n) is 3.92. The number of hydrogen-bond donors (Lipinski definition) is 1. The number of aryl methyl sites for hydroxylation is 1. The highest BCUT2D eigenvalue weighted by atomic mass is 32.2. The van der Waals surface area contributed by atoms with E-state index < -0.39 is 17.1 Å². The van der Waals surface area contributed by atoms with Crippen molar-refractivity contribution in [2.75, 3.05) is 19.0 Å². The Labute approximate surface area is 161 Å². The zero-order valence-electron chi connectivity index (χ0n) is 14.9. The Hall–Kier alpha value is -3.06. The number of nitrogens with one attached hydrogen (secondary N) is 1. The van der Waals surface area contributed by atoms with Gasteiger partial charge in [-0.05, 0) is 54.6 Å². The number of amides is 3. The molecule has 138 valence electrons. The molecule has 0 saturated carbocycles. The molecular formula is C20H18N2O4S. The quantitative estimate of drug-likeness (QED) is 0.799. The predicted molar refractivity (Wildman–Crippen MR) is 105 cm³/mol. The molecule has 2 aromatic carbocycles. The smallest absolute Gasteiger partial charge is 0.294 e. The molecule has 0 aliphatic carbocycles. The van der Waals surface area contributed by atoms with Crippen LogP contribution in [-0.2, 0) is 9.59 Å². The van der Waals surface area contributed by atoms with Gasteiger partial charge in [-0.3, -0.25) is 19.3 Å². The number of nitrogens with zero attached hydrogens (tertiary/aromatic N) is 1. The van der Waals surface area contributed by atoms with Crippen LogP contribution in [0, 0.1) is 6.92 Å². The second-order valence-electron chi connectivity index (χ2n) is 5.96. The first-order valence-corrected chi connectivity index (χ1v) is 9.04. The number of ether oxygens (including phenoxy) is 1. The first-order chi connectivity index (χ1) is 13.0. The van der Waals surface area contributed by atoms with E-state index in [9.17, 15) is 14.4 Å². The van der Waals surface area contributed by atoms with E-state index in [-0.39, 0.29) is 11.4 Å². The largest absolute Gasteiger partial charge is 0.497 e. The fraction of sp³-hybridized carbons (Fsp3) is 0.150. The minimum Gasteiger partial charge on any atom is -0.497 e. The number of anilines is 1. The predicted octanol–water partition coefficient (Wildman–Crippen LogP) is 3.68. The topological polar surface area (TPSA) is 75.7 Å². The molecule has 1 aliphatic rings. The summed E-state index contributed by atoms with van der Waals surface area (Å²) >= 11 is 0.824. The maximum atomic E-state index is 12.5. The van der Waals surface area contributed by atoms with Crippen molar-refractivity contribution in [3.8, 4) is 5.75 Å². The zero-order chi connectivity index (χ0) is 19.4. The summed E-state index contributed by atoms with van der Waals surface area (Å²) in [5.74, 6) is -0.195. The molecule has 6 nitrogen and oxygen atoms in total. The van der Waals surface area contributed by atoms with Gasteiger partial charge in [-0.1, -0.05) is 29.8 Å². The lowest BCUT2D eigenvalue weighted by Crippen LogP contribution is -2.36. The third kappa shape index (κ3) is 4.57. The molecular weight excluding hydrogens is 364 g/mol. The molecule has 0 bridgehead atoms. The minimum atomic E-state index is -0.472. The summed E-state index contributed by atoms with van der Waals surface area (Å²) in [6, 6.07) is 14.4. The van der Waals surface area contributed by atoms with Crippen molar-refractivity contribution < 1.29 is 19.1 Å². The molecule has 0 atom stereocenters. The van der Waals surface area contributed by atoms with Gasteiger partial charge in [0.05, 0.1) is 12.0 Å². The third-order valence-corrected chi connectivity index (χ3v) is 4.83. The van der Waals surface area contributed by atoms with Gasteiger partial charge in [-0.15, -0.1) is 0 Å². The average molecular weight is 382 g/mol. The van der Waals surface area contributed by atoms with Crippen LogP contribution in [0.2, 0.25) is 0 Å². The highest BCUT2D eigenvalue weighted by molar-refractivity contribution is 8.18. The number of methoxy groups -OCH3 is 1. The van der Waals surface area contributed by atoms with Crippen molar-refractivity contribution in [3.05, 3.63) is 64.6 Å². The number of benzene rings is 2. The van der Waals surface area contributed by atoms with Crippen molar-refractivity contribution in [1.29, 1.82) is 0 Å². The van der Waals surface area contributed by atoms with E-state index in [2.05, 4.69) is 5.32 Å². The highest BCUT2D eigenvalue weighted by Gasteiger charge is 2.36. The number of thioether (sulfide) groups is 1. The van der Waals surface area contributed by atoms with Crippen LogP contribution in [0.25, 0.3) is 6.08 Å². The number of carbonyl (C=O) groups is 3. The van der Waals surface area contributed by atoms with Crippen LogP contribution < -0.4 is 10.1 Å². The summed E-state index contributed by atoms with van der Waals surface area (Å²) in [4.78, 5) is 38.0. The van der Waals surface area contributed by atoms with E-state index in [1.54, 1.807) is 49.6 Å². The fourth-order valence-corrected chi connectivity index (χ4v) is 3.31. The van der Waals surface area contributed by atoms with Gasteiger partial charge in [0.15, 0.2) is 0 Å². The maximum absolute atomic E-state index is 12.5. The van der Waals surface area contributed by atoms with Crippen LogP contribution >= 0.6 is 11.8 Å². The first kappa shape index (κ1) is 18.7. The van der Waals surface area contributed by atoms with E-state index in [0.29, 0.717) is 11.4 Å². The Bertz CT molecular complexity index is 905. The summed E-state index contributed by atoms with van der Waals surface area (Å²) in [6.07, 6.45) is 1.63. The van der Waals surface area contributed by atoms with Crippen LogP contribution in [-0.4, -0.2) is 35.6 Å². The molecule has 1 N–H and O–H groups in total. The summed E-state index contributed by atoms with van der Waals surface area (Å²) in [5, 5.41) is 2.23. The van der Waals surface area contributed by atoms with Gasteiger partial charge >= 0.3 is 0 Å². The monoisotopic (exact) mass is 382 g/mol. The molecule has 0 radical (unpaired) electrons. The van der Waals surface area contributed by atoms with Gasteiger partial charge in [-0.2, -0.15) is 0 Å². The van der Waals surface area contributed by atoms with E-state index in [1.165, 1.54) is 0 Å². The molecule has 0 aromatic heterocycles. The molecule has 3 amide bonds. The summed E-state index contributed by atoms with van der Waals surface area (Å²) in [5.41, 5.74) is 2.46. The second-order valence-corrected chi connectivity index (χ2v) is 6.95. The van der Waals surface area contributed by atoms with E-state index in [0.717, 1.165) is 27.8 Å². The number of imide groups is 1. The highest BCUT2D eigenvalue weighted by Crippen LogP contribution is 2.32. The van der Waals surface area contributed by atoms with Crippen LogP contribution in [0.3, 0.4) is 0 Å². The molecule has 1 fully saturated rings. The first-order valence-electron chi connectivity index (χ1n) is 8.22. The number of hydrogen-bond acceptors (Lipinski definition) is 5. The van der Waals surface area contributed by atoms with Gasteiger partial charge in [0, 0.05) is 5.69 Å². The molecule has 2 aromatic rings. The molecule has 27 heavy (non-hydrogen) atoms. The summed E-state index contributed by atoms with van der Waals surface area (Å²) < 4.78 is 5.09. The van der Waals surface area contributed by atoms with Gasteiger partial charge < -0.3 is 10.1 Å². The maximum Gasteiger partial charge on any atom is 0.294 e. The minimum absolute atomic E-state index is 0.285. The van der Waals surface area contributed by atoms with E-state index in [4.69, 9.17) is 4.74 Å². The molecule has 0 spiro atoms. The standard InChI is InChI=1S/C20H18N2O4S/c1-13-3-7-15(8-4-13)21-18(23)12-22-19(24)17(27-20(22)25)11-14-5-9-16(26-2)10-6-14/h3-11H,12H2,1-2H3,(H,21,23)/b17-11-.